The van der Waals surface area contributed by atoms with Gasteiger partial charge in [0.2, 0.25) is 0 Å². The van der Waals surface area contributed by atoms with Gasteiger partial charge in [0.05, 0.1) is 11.2 Å². The van der Waals surface area contributed by atoms with Gasteiger partial charge in [-0.05, 0) is 45.3 Å². The van der Waals surface area contributed by atoms with Gasteiger partial charge in [-0.1, -0.05) is 0 Å². The average molecular weight is 284 g/mol. The summed E-state index contributed by atoms with van der Waals surface area (Å²) in [7, 11) is -4.47. The number of aromatic nitrogens is 1. The van der Waals surface area contributed by atoms with Crippen LogP contribution >= 0.6 is 0 Å². The normalized spacial score (nSPS) is 21.6. The SMILES string of the molecule is CC1(C)OB(c2ccnc(S(N)(=O)=O)c2)OC1(C)C. The van der Waals surface area contributed by atoms with Crippen LogP contribution in [0.2, 0.25) is 0 Å². The molecule has 19 heavy (non-hydrogen) atoms. The van der Waals surface area contributed by atoms with Gasteiger partial charge in [-0.15, -0.1) is 0 Å². The molecule has 0 amide bonds. The van der Waals surface area contributed by atoms with E-state index in [0.29, 0.717) is 5.46 Å². The fourth-order valence-electron chi connectivity index (χ4n) is 1.71. The van der Waals surface area contributed by atoms with E-state index in [4.69, 9.17) is 14.4 Å². The van der Waals surface area contributed by atoms with E-state index >= 15 is 0 Å². The molecule has 104 valence electrons. The highest BCUT2D eigenvalue weighted by Crippen LogP contribution is 2.36. The van der Waals surface area contributed by atoms with Crippen molar-refractivity contribution in [1.82, 2.24) is 4.98 Å². The van der Waals surface area contributed by atoms with Crippen LogP contribution in [0.3, 0.4) is 0 Å². The molecular weight excluding hydrogens is 267 g/mol. The number of nitrogens with two attached hydrogens (primary N) is 1. The first-order valence-electron chi connectivity index (χ1n) is 5.87. The van der Waals surface area contributed by atoms with E-state index in [1.165, 1.54) is 12.3 Å². The first-order valence-corrected chi connectivity index (χ1v) is 7.42. The van der Waals surface area contributed by atoms with E-state index in [9.17, 15) is 8.42 Å². The smallest absolute Gasteiger partial charge is 0.399 e. The molecule has 0 atom stereocenters. The third-order valence-electron chi connectivity index (χ3n) is 3.58. The second-order valence-corrected chi connectivity index (χ2v) is 7.07. The molecule has 1 aliphatic rings. The number of sulfonamides is 1. The van der Waals surface area contributed by atoms with Gasteiger partial charge < -0.3 is 9.31 Å². The van der Waals surface area contributed by atoms with E-state index in [1.54, 1.807) is 6.07 Å². The molecule has 2 heterocycles. The number of pyridine rings is 1. The van der Waals surface area contributed by atoms with Gasteiger partial charge in [-0.3, -0.25) is 0 Å². The summed E-state index contributed by atoms with van der Waals surface area (Å²) in [6, 6.07) is 3.02. The summed E-state index contributed by atoms with van der Waals surface area (Å²) in [5.74, 6) is 0. The van der Waals surface area contributed by atoms with Crippen molar-refractivity contribution < 1.29 is 17.7 Å². The van der Waals surface area contributed by atoms with Crippen LogP contribution in [0.4, 0.5) is 0 Å². The third-order valence-corrected chi connectivity index (χ3v) is 4.38. The van der Waals surface area contributed by atoms with Crippen LogP contribution in [-0.2, 0) is 19.3 Å². The fourth-order valence-corrected chi connectivity index (χ4v) is 2.21. The Kier molecular flexibility index (Phi) is 3.25. The van der Waals surface area contributed by atoms with Crippen molar-refractivity contribution >= 4 is 22.6 Å². The fraction of sp³-hybridized carbons (Fsp3) is 0.545. The number of nitrogens with zero attached hydrogens (tertiary/aromatic N) is 1. The molecular formula is C11H17BN2O4S. The third kappa shape index (κ3) is 2.67. The van der Waals surface area contributed by atoms with Crippen LogP contribution in [0.5, 0.6) is 0 Å². The van der Waals surface area contributed by atoms with E-state index in [0.717, 1.165) is 0 Å². The summed E-state index contributed by atoms with van der Waals surface area (Å²) < 4.78 is 34.2. The zero-order valence-corrected chi connectivity index (χ0v) is 12.2. The molecule has 0 radical (unpaired) electrons. The largest absolute Gasteiger partial charge is 0.494 e. The predicted molar refractivity (Wildman–Crippen MR) is 71.3 cm³/mol. The summed E-state index contributed by atoms with van der Waals surface area (Å²) in [6.07, 6.45) is 1.38. The number of hydrogen-bond acceptors (Lipinski definition) is 5. The highest BCUT2D eigenvalue weighted by atomic mass is 32.2. The average Bonchev–Trinajstić information content (AvgIpc) is 2.47. The minimum atomic E-state index is -3.83. The van der Waals surface area contributed by atoms with Crippen molar-refractivity contribution in [3.05, 3.63) is 18.3 Å². The van der Waals surface area contributed by atoms with Crippen molar-refractivity contribution in [1.29, 1.82) is 0 Å². The zero-order valence-electron chi connectivity index (χ0n) is 11.4. The minimum Gasteiger partial charge on any atom is -0.399 e. The maximum atomic E-state index is 11.3. The van der Waals surface area contributed by atoms with Gasteiger partial charge in [0.1, 0.15) is 0 Å². The van der Waals surface area contributed by atoms with E-state index in [1.807, 2.05) is 27.7 Å². The Balaban J connectivity index is 2.36. The van der Waals surface area contributed by atoms with Gasteiger partial charge in [0, 0.05) is 6.20 Å². The first-order chi connectivity index (χ1) is 8.53. The van der Waals surface area contributed by atoms with Crippen molar-refractivity contribution in [2.45, 2.75) is 43.9 Å². The van der Waals surface area contributed by atoms with Gasteiger partial charge in [0.25, 0.3) is 10.0 Å². The maximum absolute atomic E-state index is 11.3. The highest BCUT2D eigenvalue weighted by molar-refractivity contribution is 7.89. The molecule has 0 aromatic carbocycles. The number of rotatable bonds is 2. The summed E-state index contributed by atoms with van der Waals surface area (Å²) in [5.41, 5.74) is -0.386. The van der Waals surface area contributed by atoms with E-state index < -0.39 is 28.3 Å². The Labute approximate surface area is 113 Å². The van der Waals surface area contributed by atoms with Gasteiger partial charge in [-0.2, -0.15) is 0 Å². The van der Waals surface area contributed by atoms with Crippen molar-refractivity contribution in [2.75, 3.05) is 0 Å². The summed E-state index contributed by atoms with van der Waals surface area (Å²) in [6.45, 7) is 7.70. The van der Waals surface area contributed by atoms with Crippen LogP contribution in [0.15, 0.2) is 23.4 Å². The van der Waals surface area contributed by atoms with Gasteiger partial charge >= 0.3 is 7.12 Å². The Morgan fingerprint density at radius 1 is 1.21 bits per heavy atom. The van der Waals surface area contributed by atoms with E-state index in [-0.39, 0.29) is 5.03 Å². The molecule has 1 aromatic rings. The number of hydrogen-bond donors (Lipinski definition) is 1. The van der Waals surface area contributed by atoms with Crippen molar-refractivity contribution in [2.24, 2.45) is 5.14 Å². The predicted octanol–water partition coefficient (Wildman–Crippen LogP) is 0.0282. The van der Waals surface area contributed by atoms with Gasteiger partial charge in [-0.25, -0.2) is 18.5 Å². The molecule has 2 rings (SSSR count). The molecule has 1 saturated heterocycles. The Morgan fingerprint density at radius 2 is 1.74 bits per heavy atom. The van der Waals surface area contributed by atoms with Crippen LogP contribution in [0.25, 0.3) is 0 Å². The monoisotopic (exact) mass is 284 g/mol. The summed E-state index contributed by atoms with van der Waals surface area (Å²) in [4.78, 5) is 3.73. The molecule has 1 aliphatic heterocycles. The topological polar surface area (TPSA) is 91.5 Å². The minimum absolute atomic E-state index is 0.195. The second-order valence-electron chi connectivity index (χ2n) is 5.56. The second kappa shape index (κ2) is 4.27. The lowest BCUT2D eigenvalue weighted by Crippen LogP contribution is -2.41. The zero-order chi connectivity index (χ0) is 14.5. The van der Waals surface area contributed by atoms with Crippen LogP contribution in [-0.4, -0.2) is 31.7 Å². The first kappa shape index (κ1) is 14.5. The lowest BCUT2D eigenvalue weighted by molar-refractivity contribution is 0.00578. The van der Waals surface area contributed by atoms with Crippen molar-refractivity contribution in [3.8, 4) is 0 Å². The quantitative estimate of drug-likeness (QED) is 0.773. The molecule has 8 heteroatoms. The molecule has 0 bridgehead atoms. The van der Waals surface area contributed by atoms with Gasteiger partial charge in [0.15, 0.2) is 5.03 Å². The molecule has 2 N–H and O–H groups in total. The molecule has 0 saturated carbocycles. The highest BCUT2D eigenvalue weighted by Gasteiger charge is 2.51. The summed E-state index contributed by atoms with van der Waals surface area (Å²) in [5, 5.41) is 4.86. The molecule has 1 fully saturated rings. The number of primary sulfonamides is 1. The van der Waals surface area contributed by atoms with E-state index in [2.05, 4.69) is 4.98 Å². The molecule has 1 aromatic heterocycles. The summed E-state index contributed by atoms with van der Waals surface area (Å²) >= 11 is 0. The molecule has 0 unspecified atom stereocenters. The molecule has 0 spiro atoms. The Bertz CT molecular complexity index is 584. The Morgan fingerprint density at radius 3 is 2.21 bits per heavy atom. The van der Waals surface area contributed by atoms with Crippen LogP contribution in [0, 0.1) is 0 Å². The lowest BCUT2D eigenvalue weighted by atomic mass is 9.80. The van der Waals surface area contributed by atoms with Crippen LogP contribution < -0.4 is 10.6 Å². The van der Waals surface area contributed by atoms with Crippen LogP contribution in [0.1, 0.15) is 27.7 Å². The van der Waals surface area contributed by atoms with Crippen molar-refractivity contribution in [3.63, 3.8) is 0 Å². The maximum Gasteiger partial charge on any atom is 0.494 e. The standard InChI is InChI=1S/C11H17BN2O4S/c1-10(2)11(3,4)18-12(17-10)8-5-6-14-9(7-8)19(13,15)16/h5-7H,1-4H3,(H2,13,15,16). The molecule has 6 nitrogen and oxygen atoms in total. The molecule has 0 aliphatic carbocycles. The lowest BCUT2D eigenvalue weighted by Gasteiger charge is -2.32. The Hall–Kier alpha value is -0.955.